The first kappa shape index (κ1) is 14.5. The Balaban J connectivity index is 2.35. The van der Waals surface area contributed by atoms with E-state index >= 15 is 0 Å². The Bertz CT molecular complexity index is 361. The number of rotatable bonds is 7. The fourth-order valence-electron chi connectivity index (χ4n) is 1.45. The van der Waals surface area contributed by atoms with E-state index < -0.39 is 0 Å². The van der Waals surface area contributed by atoms with Gasteiger partial charge in [-0.1, -0.05) is 13.3 Å². The van der Waals surface area contributed by atoms with Crippen LogP contribution < -0.4 is 10.2 Å². The Hall–Kier alpha value is -1.55. The number of carbonyl (C=O) groups is 1. The highest BCUT2D eigenvalue weighted by Gasteiger charge is 2.02. The Morgan fingerprint density at radius 3 is 2.50 bits per heavy atom. The van der Waals surface area contributed by atoms with Crippen LogP contribution in [0.4, 0.5) is 11.4 Å². The molecule has 0 bridgehead atoms. The van der Waals surface area contributed by atoms with Crippen LogP contribution in [-0.2, 0) is 9.53 Å². The molecule has 4 nitrogen and oxygen atoms in total. The van der Waals surface area contributed by atoms with Gasteiger partial charge in [0.25, 0.3) is 0 Å². The van der Waals surface area contributed by atoms with Gasteiger partial charge in [-0.2, -0.15) is 0 Å². The van der Waals surface area contributed by atoms with Crippen molar-refractivity contribution in [1.29, 1.82) is 0 Å². The van der Waals surface area contributed by atoms with Crippen LogP contribution in [0.25, 0.3) is 0 Å². The topological polar surface area (TPSA) is 41.6 Å². The van der Waals surface area contributed by atoms with Crippen LogP contribution in [0, 0.1) is 0 Å². The van der Waals surface area contributed by atoms with Crippen molar-refractivity contribution in [2.45, 2.75) is 19.8 Å². The van der Waals surface area contributed by atoms with Gasteiger partial charge in [-0.25, -0.2) is 0 Å². The molecule has 0 heterocycles. The first-order chi connectivity index (χ1) is 8.63. The molecule has 1 N–H and O–H groups in total. The third-order valence-electron chi connectivity index (χ3n) is 2.54. The Kier molecular flexibility index (Phi) is 6.22. The van der Waals surface area contributed by atoms with Crippen molar-refractivity contribution in [3.63, 3.8) is 0 Å². The van der Waals surface area contributed by atoms with E-state index in [-0.39, 0.29) is 12.5 Å². The molecule has 18 heavy (non-hydrogen) atoms. The summed E-state index contributed by atoms with van der Waals surface area (Å²) >= 11 is 0. The van der Waals surface area contributed by atoms with E-state index in [0.29, 0.717) is 6.61 Å². The lowest BCUT2D eigenvalue weighted by Gasteiger charge is -2.13. The summed E-state index contributed by atoms with van der Waals surface area (Å²) in [6.45, 7) is 2.86. The van der Waals surface area contributed by atoms with Crippen molar-refractivity contribution in [1.82, 2.24) is 0 Å². The first-order valence-electron chi connectivity index (χ1n) is 6.28. The number of ether oxygens (including phenoxy) is 1. The monoisotopic (exact) mass is 250 g/mol. The van der Waals surface area contributed by atoms with Crippen molar-refractivity contribution < 1.29 is 9.53 Å². The summed E-state index contributed by atoms with van der Waals surface area (Å²) in [7, 11) is 3.96. The van der Waals surface area contributed by atoms with Crippen LogP contribution in [0.15, 0.2) is 24.3 Å². The van der Waals surface area contributed by atoms with Gasteiger partial charge < -0.3 is 15.0 Å². The highest BCUT2D eigenvalue weighted by molar-refractivity contribution is 5.91. The smallest absolute Gasteiger partial charge is 0.250 e. The first-order valence-corrected chi connectivity index (χ1v) is 6.28. The van der Waals surface area contributed by atoms with Gasteiger partial charge in [0.05, 0.1) is 0 Å². The second kappa shape index (κ2) is 7.71. The van der Waals surface area contributed by atoms with E-state index in [2.05, 4.69) is 12.2 Å². The maximum atomic E-state index is 11.5. The third kappa shape index (κ3) is 5.19. The van der Waals surface area contributed by atoms with Gasteiger partial charge >= 0.3 is 0 Å². The van der Waals surface area contributed by atoms with Gasteiger partial charge in [0.1, 0.15) is 6.61 Å². The van der Waals surface area contributed by atoms with Gasteiger partial charge in [-0.3, -0.25) is 4.79 Å². The minimum Gasteiger partial charge on any atom is -0.378 e. The van der Waals surface area contributed by atoms with E-state index in [1.165, 1.54) is 0 Å². The molecule has 0 spiro atoms. The molecule has 1 rings (SSSR count). The van der Waals surface area contributed by atoms with E-state index in [4.69, 9.17) is 4.74 Å². The highest BCUT2D eigenvalue weighted by Crippen LogP contribution is 2.15. The van der Waals surface area contributed by atoms with Crippen molar-refractivity contribution >= 4 is 17.3 Å². The zero-order valence-corrected chi connectivity index (χ0v) is 11.4. The molecule has 0 saturated heterocycles. The average molecular weight is 250 g/mol. The summed E-state index contributed by atoms with van der Waals surface area (Å²) in [5, 5.41) is 2.80. The fraction of sp³-hybridized carbons (Fsp3) is 0.500. The zero-order valence-electron chi connectivity index (χ0n) is 11.4. The SMILES string of the molecule is CCCCOCC(=O)Nc1ccc(N(C)C)cc1. The van der Waals surface area contributed by atoms with Crippen LogP contribution in [0.3, 0.4) is 0 Å². The molecule has 1 aromatic rings. The van der Waals surface area contributed by atoms with E-state index in [0.717, 1.165) is 24.2 Å². The van der Waals surface area contributed by atoms with Crippen molar-refractivity contribution in [2.24, 2.45) is 0 Å². The number of carbonyl (C=O) groups excluding carboxylic acids is 1. The molecule has 0 aliphatic rings. The van der Waals surface area contributed by atoms with Crippen molar-refractivity contribution in [3.8, 4) is 0 Å². The summed E-state index contributed by atoms with van der Waals surface area (Å²) < 4.78 is 5.25. The molecule has 100 valence electrons. The molecule has 0 aliphatic carbocycles. The number of anilines is 2. The average Bonchev–Trinajstić information content (AvgIpc) is 2.35. The molecular formula is C14H22N2O2. The number of nitrogens with one attached hydrogen (secondary N) is 1. The zero-order chi connectivity index (χ0) is 13.4. The third-order valence-corrected chi connectivity index (χ3v) is 2.54. The largest absolute Gasteiger partial charge is 0.378 e. The molecule has 0 radical (unpaired) electrons. The van der Waals surface area contributed by atoms with E-state index in [1.807, 2.05) is 43.3 Å². The van der Waals surface area contributed by atoms with Crippen LogP contribution in [0.2, 0.25) is 0 Å². The van der Waals surface area contributed by atoms with Gasteiger partial charge in [-0.15, -0.1) is 0 Å². The summed E-state index contributed by atoms with van der Waals surface area (Å²) in [6, 6.07) is 7.71. The summed E-state index contributed by atoms with van der Waals surface area (Å²) in [4.78, 5) is 13.6. The second-order valence-electron chi connectivity index (χ2n) is 4.40. The highest BCUT2D eigenvalue weighted by atomic mass is 16.5. The Morgan fingerprint density at radius 2 is 1.94 bits per heavy atom. The number of unbranched alkanes of at least 4 members (excludes halogenated alkanes) is 1. The number of hydrogen-bond donors (Lipinski definition) is 1. The summed E-state index contributed by atoms with van der Waals surface area (Å²) in [6.07, 6.45) is 2.07. The predicted octanol–water partition coefficient (Wildman–Crippen LogP) is 2.51. The summed E-state index contributed by atoms with van der Waals surface area (Å²) in [5.74, 6) is -0.108. The molecule has 0 fully saturated rings. The Labute approximate surface area is 109 Å². The minimum absolute atomic E-state index is 0.108. The number of amides is 1. The lowest BCUT2D eigenvalue weighted by molar-refractivity contribution is -0.120. The molecular weight excluding hydrogens is 228 g/mol. The molecule has 0 aliphatic heterocycles. The molecule has 1 amide bonds. The molecule has 0 saturated carbocycles. The van der Waals surface area contributed by atoms with Crippen LogP contribution in [-0.4, -0.2) is 33.2 Å². The number of benzene rings is 1. The van der Waals surface area contributed by atoms with E-state index in [1.54, 1.807) is 0 Å². The van der Waals surface area contributed by atoms with Gasteiger partial charge in [0.2, 0.25) is 5.91 Å². The van der Waals surface area contributed by atoms with Gasteiger partial charge in [-0.05, 0) is 30.7 Å². The number of hydrogen-bond acceptors (Lipinski definition) is 3. The molecule has 0 unspecified atom stereocenters. The van der Waals surface area contributed by atoms with Crippen molar-refractivity contribution in [2.75, 3.05) is 37.5 Å². The van der Waals surface area contributed by atoms with Crippen LogP contribution in [0.1, 0.15) is 19.8 Å². The lowest BCUT2D eigenvalue weighted by atomic mass is 10.2. The summed E-state index contributed by atoms with van der Waals surface area (Å²) in [5.41, 5.74) is 1.90. The van der Waals surface area contributed by atoms with Gasteiger partial charge in [0.15, 0.2) is 0 Å². The molecule has 0 atom stereocenters. The molecule has 4 heteroatoms. The molecule has 1 aromatic carbocycles. The normalized spacial score (nSPS) is 10.2. The van der Waals surface area contributed by atoms with Crippen LogP contribution in [0.5, 0.6) is 0 Å². The second-order valence-corrected chi connectivity index (χ2v) is 4.40. The molecule has 0 aromatic heterocycles. The van der Waals surface area contributed by atoms with Crippen molar-refractivity contribution in [3.05, 3.63) is 24.3 Å². The predicted molar refractivity (Wildman–Crippen MR) is 75.1 cm³/mol. The lowest BCUT2D eigenvalue weighted by Crippen LogP contribution is -2.18. The maximum absolute atomic E-state index is 11.5. The van der Waals surface area contributed by atoms with Gasteiger partial charge in [0, 0.05) is 32.1 Å². The maximum Gasteiger partial charge on any atom is 0.250 e. The fourth-order valence-corrected chi connectivity index (χ4v) is 1.45. The Morgan fingerprint density at radius 1 is 1.28 bits per heavy atom. The number of nitrogens with zero attached hydrogens (tertiary/aromatic N) is 1. The standard InChI is InChI=1S/C14H22N2O2/c1-4-5-10-18-11-14(17)15-12-6-8-13(9-7-12)16(2)3/h6-9H,4-5,10-11H2,1-3H3,(H,15,17). The quantitative estimate of drug-likeness (QED) is 0.756. The van der Waals surface area contributed by atoms with E-state index in [9.17, 15) is 4.79 Å². The minimum atomic E-state index is -0.108. The van der Waals surface area contributed by atoms with Crippen LogP contribution >= 0.6 is 0 Å².